The third-order valence-electron chi connectivity index (χ3n) is 2.37. The first-order chi connectivity index (χ1) is 7.58. The lowest BCUT2D eigenvalue weighted by Crippen LogP contribution is -2.25. The predicted molar refractivity (Wildman–Crippen MR) is 59.2 cm³/mol. The third-order valence-corrected chi connectivity index (χ3v) is 2.37. The van der Waals surface area contributed by atoms with Crippen molar-refractivity contribution >= 4 is 22.7 Å². The highest BCUT2D eigenvalue weighted by Gasteiger charge is 2.11. The smallest absolute Gasteiger partial charge is 0.325 e. The molecular formula is C10H12N4O2. The molecule has 6 nitrogen and oxygen atoms in total. The Morgan fingerprint density at radius 2 is 2.31 bits per heavy atom. The fourth-order valence-electron chi connectivity index (χ4n) is 1.41. The van der Waals surface area contributed by atoms with E-state index in [1.807, 2.05) is 7.05 Å². The lowest BCUT2D eigenvalue weighted by Gasteiger charge is -2.09. The number of carbonyl (C=O) groups is 1. The Labute approximate surface area is 91.9 Å². The van der Waals surface area contributed by atoms with E-state index >= 15 is 0 Å². The van der Waals surface area contributed by atoms with Crippen molar-refractivity contribution < 1.29 is 9.90 Å². The molecule has 2 aromatic heterocycles. The van der Waals surface area contributed by atoms with Crippen LogP contribution in [0.5, 0.6) is 0 Å². The summed E-state index contributed by atoms with van der Waals surface area (Å²) in [6.07, 6.45) is 3.38. The molecule has 0 aromatic carbocycles. The first-order valence-electron chi connectivity index (χ1n) is 4.85. The van der Waals surface area contributed by atoms with Gasteiger partial charge in [0.2, 0.25) is 0 Å². The number of pyridine rings is 1. The average Bonchev–Trinajstić information content (AvgIpc) is 2.60. The van der Waals surface area contributed by atoms with Crippen molar-refractivity contribution in [1.82, 2.24) is 14.8 Å². The molecule has 84 valence electrons. The lowest BCUT2D eigenvalue weighted by molar-refractivity contribution is -0.137. The molecule has 0 saturated carbocycles. The van der Waals surface area contributed by atoms with Crippen molar-refractivity contribution in [3.63, 3.8) is 0 Å². The maximum Gasteiger partial charge on any atom is 0.325 e. The maximum absolute atomic E-state index is 10.7. The highest BCUT2D eigenvalue weighted by molar-refractivity contribution is 5.81. The second-order valence-corrected chi connectivity index (χ2v) is 3.60. The van der Waals surface area contributed by atoms with Crippen molar-refractivity contribution in [1.29, 1.82) is 0 Å². The summed E-state index contributed by atoms with van der Waals surface area (Å²) >= 11 is 0. The van der Waals surface area contributed by atoms with Gasteiger partial charge in [-0.3, -0.25) is 9.48 Å². The van der Waals surface area contributed by atoms with E-state index in [1.54, 1.807) is 30.1 Å². The number of aliphatic carboxylic acids is 1. The zero-order valence-electron chi connectivity index (χ0n) is 9.01. The largest absolute Gasteiger partial charge is 0.480 e. The van der Waals surface area contributed by atoms with E-state index in [4.69, 9.17) is 5.11 Å². The second kappa shape index (κ2) is 3.80. The van der Waals surface area contributed by atoms with Gasteiger partial charge in [-0.25, -0.2) is 4.98 Å². The van der Waals surface area contributed by atoms with Gasteiger partial charge in [0, 0.05) is 24.7 Å². The fourth-order valence-corrected chi connectivity index (χ4v) is 1.41. The highest BCUT2D eigenvalue weighted by atomic mass is 16.4. The summed E-state index contributed by atoms with van der Waals surface area (Å²) in [4.78, 5) is 14.8. The van der Waals surface area contributed by atoms with Crippen LogP contribution in [0, 0.1) is 0 Å². The zero-order chi connectivity index (χ0) is 11.7. The van der Waals surface area contributed by atoms with Gasteiger partial charge >= 0.3 is 5.97 Å². The highest BCUT2D eigenvalue weighted by Crippen LogP contribution is 2.15. The number of carboxylic acids is 1. The molecule has 0 amide bonds. The standard InChI is InChI=1S/C10H12N4O2/c1-6(10(15)16)13-9-3-8-7(4-11-9)5-12-14(8)2/h3-6H,1-2H3,(H,11,13)(H,15,16). The summed E-state index contributed by atoms with van der Waals surface area (Å²) in [5.74, 6) is -0.377. The number of fused-ring (bicyclic) bond motifs is 1. The fraction of sp³-hybridized carbons (Fsp3) is 0.300. The zero-order valence-corrected chi connectivity index (χ0v) is 9.01. The molecule has 2 aromatic rings. The molecule has 6 heteroatoms. The number of nitrogens with one attached hydrogen (secondary N) is 1. The van der Waals surface area contributed by atoms with Gasteiger partial charge in [-0.2, -0.15) is 5.10 Å². The number of anilines is 1. The molecule has 2 rings (SSSR count). The predicted octanol–water partition coefficient (Wildman–Crippen LogP) is 0.853. The van der Waals surface area contributed by atoms with E-state index in [1.165, 1.54) is 0 Å². The van der Waals surface area contributed by atoms with Crippen LogP contribution in [0.15, 0.2) is 18.5 Å². The molecule has 0 fully saturated rings. The monoisotopic (exact) mass is 220 g/mol. The van der Waals surface area contributed by atoms with Gasteiger partial charge in [-0.15, -0.1) is 0 Å². The van der Waals surface area contributed by atoms with Crippen molar-refractivity contribution in [3.05, 3.63) is 18.5 Å². The van der Waals surface area contributed by atoms with Gasteiger partial charge in [0.25, 0.3) is 0 Å². The first kappa shape index (κ1) is 10.4. The molecule has 0 spiro atoms. The Bertz CT molecular complexity index is 535. The number of nitrogens with zero attached hydrogens (tertiary/aromatic N) is 3. The van der Waals surface area contributed by atoms with E-state index < -0.39 is 12.0 Å². The molecule has 0 saturated heterocycles. The number of rotatable bonds is 3. The van der Waals surface area contributed by atoms with Crippen molar-refractivity contribution in [2.24, 2.45) is 7.05 Å². The molecule has 1 atom stereocenters. The van der Waals surface area contributed by atoms with Gasteiger partial charge < -0.3 is 10.4 Å². The van der Waals surface area contributed by atoms with Crippen molar-refractivity contribution in [2.75, 3.05) is 5.32 Å². The quantitative estimate of drug-likeness (QED) is 0.801. The van der Waals surface area contributed by atoms with Crippen LogP contribution in [0.3, 0.4) is 0 Å². The second-order valence-electron chi connectivity index (χ2n) is 3.60. The van der Waals surface area contributed by atoms with Crippen molar-refractivity contribution in [3.8, 4) is 0 Å². The van der Waals surface area contributed by atoms with Crippen molar-refractivity contribution in [2.45, 2.75) is 13.0 Å². The van der Waals surface area contributed by atoms with Gasteiger partial charge in [0.1, 0.15) is 11.9 Å². The van der Waals surface area contributed by atoms with Crippen LogP contribution in [0.2, 0.25) is 0 Å². The number of aromatic nitrogens is 3. The topological polar surface area (TPSA) is 80.0 Å². The lowest BCUT2D eigenvalue weighted by atomic mass is 10.3. The van der Waals surface area contributed by atoms with Crippen LogP contribution in [-0.2, 0) is 11.8 Å². The molecule has 0 aliphatic heterocycles. The Hall–Kier alpha value is -2.11. The summed E-state index contributed by atoms with van der Waals surface area (Å²) in [7, 11) is 1.83. The summed E-state index contributed by atoms with van der Waals surface area (Å²) < 4.78 is 1.72. The van der Waals surface area contributed by atoms with E-state index in [9.17, 15) is 4.79 Å². The van der Waals surface area contributed by atoms with Gasteiger partial charge in [-0.1, -0.05) is 0 Å². The molecule has 0 bridgehead atoms. The van der Waals surface area contributed by atoms with E-state index in [0.717, 1.165) is 10.9 Å². The molecule has 2 heterocycles. The van der Waals surface area contributed by atoms with Gasteiger partial charge in [-0.05, 0) is 6.92 Å². The van der Waals surface area contributed by atoms with Crippen LogP contribution in [0.25, 0.3) is 10.9 Å². The van der Waals surface area contributed by atoms with Crippen LogP contribution in [0.1, 0.15) is 6.92 Å². The van der Waals surface area contributed by atoms with E-state index in [-0.39, 0.29) is 0 Å². The Balaban J connectivity index is 2.32. The van der Waals surface area contributed by atoms with Crippen LogP contribution in [0.4, 0.5) is 5.82 Å². The summed E-state index contributed by atoms with van der Waals surface area (Å²) in [6.45, 7) is 1.57. The average molecular weight is 220 g/mol. The van der Waals surface area contributed by atoms with Crippen LogP contribution < -0.4 is 5.32 Å². The van der Waals surface area contributed by atoms with Crippen LogP contribution in [-0.4, -0.2) is 31.9 Å². The molecule has 0 radical (unpaired) electrons. The number of carboxylic acid groups (broad SMARTS) is 1. The minimum absolute atomic E-state index is 0.533. The molecule has 1 unspecified atom stereocenters. The normalized spacial score (nSPS) is 12.6. The minimum Gasteiger partial charge on any atom is -0.480 e. The SMILES string of the molecule is CC(Nc1cc2c(cn1)cnn2C)C(=O)O. The molecular weight excluding hydrogens is 208 g/mol. The van der Waals surface area contributed by atoms with E-state index in [0.29, 0.717) is 5.82 Å². The number of hydrogen-bond donors (Lipinski definition) is 2. The number of hydrogen-bond acceptors (Lipinski definition) is 4. The van der Waals surface area contributed by atoms with E-state index in [2.05, 4.69) is 15.4 Å². The summed E-state index contributed by atoms with van der Waals surface area (Å²) in [5, 5.41) is 16.6. The molecule has 2 N–H and O–H groups in total. The maximum atomic E-state index is 10.7. The number of aryl methyl sites for hydroxylation is 1. The molecule has 0 aliphatic carbocycles. The van der Waals surface area contributed by atoms with Crippen LogP contribution >= 0.6 is 0 Å². The Kier molecular flexibility index (Phi) is 2.47. The first-order valence-corrected chi connectivity index (χ1v) is 4.85. The summed E-state index contributed by atoms with van der Waals surface area (Å²) in [5.41, 5.74) is 0.912. The molecule has 0 aliphatic rings. The minimum atomic E-state index is -0.910. The van der Waals surface area contributed by atoms with Gasteiger partial charge in [0.05, 0.1) is 11.7 Å². The summed E-state index contributed by atoms with van der Waals surface area (Å²) in [6, 6.07) is 1.11. The molecule has 16 heavy (non-hydrogen) atoms. The van der Waals surface area contributed by atoms with Gasteiger partial charge in [0.15, 0.2) is 0 Å². The third kappa shape index (κ3) is 1.81. The Morgan fingerprint density at radius 1 is 1.56 bits per heavy atom. The Morgan fingerprint density at radius 3 is 3.00 bits per heavy atom.